The third-order valence-electron chi connectivity index (χ3n) is 2.56. The molecule has 0 aromatic carbocycles. The normalized spacial score (nSPS) is 31.0. The molecule has 2 unspecified atom stereocenters. The summed E-state index contributed by atoms with van der Waals surface area (Å²) in [5.74, 6) is 0. The minimum absolute atomic E-state index is 0.295. The van der Waals surface area contributed by atoms with E-state index in [0.717, 1.165) is 13.0 Å². The summed E-state index contributed by atoms with van der Waals surface area (Å²) in [4.78, 5) is 0. The molecule has 0 bridgehead atoms. The Labute approximate surface area is 75.5 Å². The zero-order valence-electron chi connectivity index (χ0n) is 8.47. The topological polar surface area (TPSA) is 35.2 Å². The lowest BCUT2D eigenvalue weighted by Crippen LogP contribution is -2.26. The molecule has 2 heteroatoms. The van der Waals surface area contributed by atoms with E-state index in [1.807, 2.05) is 0 Å². The van der Waals surface area contributed by atoms with E-state index in [-0.39, 0.29) is 0 Å². The number of nitrogens with two attached hydrogens (primary N) is 1. The van der Waals surface area contributed by atoms with Crippen LogP contribution in [0.2, 0.25) is 0 Å². The monoisotopic (exact) mass is 171 g/mol. The van der Waals surface area contributed by atoms with Gasteiger partial charge in [-0.25, -0.2) is 0 Å². The molecule has 72 valence electrons. The molecule has 1 saturated heterocycles. The third kappa shape index (κ3) is 2.46. The van der Waals surface area contributed by atoms with E-state index in [0.29, 0.717) is 17.6 Å². The lowest BCUT2D eigenvalue weighted by atomic mass is 9.87. The zero-order chi connectivity index (χ0) is 9.19. The Balaban J connectivity index is 2.35. The third-order valence-corrected chi connectivity index (χ3v) is 2.56. The molecule has 1 rings (SSSR count). The molecule has 0 radical (unpaired) electrons. The Morgan fingerprint density at radius 1 is 1.33 bits per heavy atom. The van der Waals surface area contributed by atoms with Crippen molar-refractivity contribution in [3.63, 3.8) is 0 Å². The second kappa shape index (κ2) is 3.75. The first-order chi connectivity index (χ1) is 5.54. The van der Waals surface area contributed by atoms with Crippen molar-refractivity contribution in [2.24, 2.45) is 11.1 Å². The van der Waals surface area contributed by atoms with E-state index < -0.39 is 0 Å². The van der Waals surface area contributed by atoms with Gasteiger partial charge in [-0.3, -0.25) is 0 Å². The fourth-order valence-electron chi connectivity index (χ4n) is 1.74. The zero-order valence-corrected chi connectivity index (χ0v) is 8.47. The quantitative estimate of drug-likeness (QED) is 0.689. The van der Waals surface area contributed by atoms with Crippen molar-refractivity contribution in [3.05, 3.63) is 0 Å². The maximum atomic E-state index is 5.89. The highest BCUT2D eigenvalue weighted by Crippen LogP contribution is 2.33. The number of hydrogen-bond donors (Lipinski definition) is 1. The lowest BCUT2D eigenvalue weighted by Gasteiger charge is -2.26. The van der Waals surface area contributed by atoms with Crippen molar-refractivity contribution in [2.75, 3.05) is 6.54 Å². The molecule has 0 aliphatic carbocycles. The van der Waals surface area contributed by atoms with Crippen LogP contribution >= 0.6 is 0 Å². The van der Waals surface area contributed by atoms with Crippen LogP contribution in [0.3, 0.4) is 0 Å². The Bertz CT molecular complexity index is 139. The van der Waals surface area contributed by atoms with Crippen LogP contribution < -0.4 is 5.73 Å². The lowest BCUT2D eigenvalue weighted by molar-refractivity contribution is -0.0173. The smallest absolute Gasteiger partial charge is 0.0628 e. The van der Waals surface area contributed by atoms with E-state index in [9.17, 15) is 0 Å². The van der Waals surface area contributed by atoms with Gasteiger partial charge in [0.2, 0.25) is 0 Å². The SMILES string of the molecule is CC(C)(C)C1CCC(CCN)O1. The molecule has 1 aliphatic heterocycles. The van der Waals surface area contributed by atoms with E-state index >= 15 is 0 Å². The first kappa shape index (κ1) is 10.0. The average molecular weight is 171 g/mol. The highest BCUT2D eigenvalue weighted by molar-refractivity contribution is 4.82. The number of rotatable bonds is 2. The van der Waals surface area contributed by atoms with Crippen molar-refractivity contribution in [2.45, 2.75) is 52.2 Å². The standard InChI is InChI=1S/C10H21NO/c1-10(2,3)9-5-4-8(12-9)6-7-11/h8-9H,4-7,11H2,1-3H3. The maximum Gasteiger partial charge on any atom is 0.0628 e. The number of ether oxygens (including phenoxy) is 1. The van der Waals surface area contributed by atoms with Crippen LogP contribution in [-0.2, 0) is 4.74 Å². The molecular formula is C10H21NO. The predicted octanol–water partition coefficient (Wildman–Crippen LogP) is 1.93. The summed E-state index contributed by atoms with van der Waals surface area (Å²) in [6.07, 6.45) is 4.29. The molecule has 2 nitrogen and oxygen atoms in total. The summed E-state index contributed by atoms with van der Waals surface area (Å²) >= 11 is 0. The molecule has 0 aromatic rings. The highest BCUT2D eigenvalue weighted by Gasteiger charge is 2.33. The second-order valence-electron chi connectivity index (χ2n) is 4.77. The van der Waals surface area contributed by atoms with E-state index in [1.54, 1.807) is 0 Å². The van der Waals surface area contributed by atoms with Gasteiger partial charge >= 0.3 is 0 Å². The van der Waals surface area contributed by atoms with Gasteiger partial charge in [-0.15, -0.1) is 0 Å². The van der Waals surface area contributed by atoms with Gasteiger partial charge in [-0.1, -0.05) is 20.8 Å². The Kier molecular flexibility index (Phi) is 3.13. The Morgan fingerprint density at radius 3 is 2.42 bits per heavy atom. The minimum atomic E-state index is 0.295. The summed E-state index contributed by atoms with van der Waals surface area (Å²) in [5, 5.41) is 0. The molecule has 1 heterocycles. The molecule has 2 N–H and O–H groups in total. The molecule has 0 saturated carbocycles. The minimum Gasteiger partial charge on any atom is -0.374 e. The van der Waals surface area contributed by atoms with Crippen LogP contribution in [0.15, 0.2) is 0 Å². The molecule has 2 atom stereocenters. The predicted molar refractivity (Wildman–Crippen MR) is 51.0 cm³/mol. The summed E-state index contributed by atoms with van der Waals surface area (Å²) in [6.45, 7) is 7.47. The summed E-state index contributed by atoms with van der Waals surface area (Å²) in [7, 11) is 0. The largest absolute Gasteiger partial charge is 0.374 e. The fourth-order valence-corrected chi connectivity index (χ4v) is 1.74. The van der Waals surface area contributed by atoms with Gasteiger partial charge in [-0.05, 0) is 31.2 Å². The van der Waals surface area contributed by atoms with Gasteiger partial charge in [-0.2, -0.15) is 0 Å². The van der Waals surface area contributed by atoms with Crippen molar-refractivity contribution in [1.29, 1.82) is 0 Å². The van der Waals surface area contributed by atoms with Crippen molar-refractivity contribution in [1.82, 2.24) is 0 Å². The summed E-state index contributed by atoms with van der Waals surface area (Å²) in [6, 6.07) is 0. The first-order valence-electron chi connectivity index (χ1n) is 4.89. The molecule has 12 heavy (non-hydrogen) atoms. The molecular weight excluding hydrogens is 150 g/mol. The molecule has 1 aliphatic rings. The van der Waals surface area contributed by atoms with Crippen LogP contribution in [0.5, 0.6) is 0 Å². The summed E-state index contributed by atoms with van der Waals surface area (Å²) in [5.41, 5.74) is 5.78. The van der Waals surface area contributed by atoms with Gasteiger partial charge in [0, 0.05) is 0 Å². The number of hydrogen-bond acceptors (Lipinski definition) is 2. The van der Waals surface area contributed by atoms with Crippen molar-refractivity contribution >= 4 is 0 Å². The first-order valence-corrected chi connectivity index (χ1v) is 4.89. The molecule has 0 aromatic heterocycles. The average Bonchev–Trinajstić information content (AvgIpc) is 2.35. The van der Waals surface area contributed by atoms with E-state index in [4.69, 9.17) is 10.5 Å². The van der Waals surface area contributed by atoms with Gasteiger partial charge in [0.15, 0.2) is 0 Å². The Hall–Kier alpha value is -0.0800. The fraction of sp³-hybridized carbons (Fsp3) is 1.00. The van der Waals surface area contributed by atoms with E-state index in [2.05, 4.69) is 20.8 Å². The van der Waals surface area contributed by atoms with Gasteiger partial charge in [0.1, 0.15) is 0 Å². The second-order valence-corrected chi connectivity index (χ2v) is 4.77. The van der Waals surface area contributed by atoms with Crippen LogP contribution in [0.1, 0.15) is 40.0 Å². The molecule has 0 spiro atoms. The highest BCUT2D eigenvalue weighted by atomic mass is 16.5. The Morgan fingerprint density at radius 2 is 2.00 bits per heavy atom. The van der Waals surface area contributed by atoms with Crippen LogP contribution in [-0.4, -0.2) is 18.8 Å². The van der Waals surface area contributed by atoms with Crippen LogP contribution in [0.4, 0.5) is 0 Å². The van der Waals surface area contributed by atoms with Crippen LogP contribution in [0, 0.1) is 5.41 Å². The summed E-state index contributed by atoms with van der Waals surface area (Å²) < 4.78 is 5.89. The van der Waals surface area contributed by atoms with Gasteiger partial charge < -0.3 is 10.5 Å². The van der Waals surface area contributed by atoms with Gasteiger partial charge in [0.25, 0.3) is 0 Å². The van der Waals surface area contributed by atoms with Crippen molar-refractivity contribution < 1.29 is 4.74 Å². The molecule has 1 fully saturated rings. The molecule has 0 amide bonds. The van der Waals surface area contributed by atoms with Gasteiger partial charge in [0.05, 0.1) is 12.2 Å². The van der Waals surface area contributed by atoms with Crippen molar-refractivity contribution in [3.8, 4) is 0 Å². The maximum absolute atomic E-state index is 5.89. The van der Waals surface area contributed by atoms with Crippen LogP contribution in [0.25, 0.3) is 0 Å². The van der Waals surface area contributed by atoms with E-state index in [1.165, 1.54) is 12.8 Å².